The Morgan fingerprint density at radius 1 is 1.41 bits per heavy atom. The summed E-state index contributed by atoms with van der Waals surface area (Å²) in [4.78, 5) is 15.9. The molecule has 1 unspecified atom stereocenters. The molecule has 0 fully saturated rings. The Labute approximate surface area is 102 Å². The van der Waals surface area contributed by atoms with E-state index in [1.165, 1.54) is 0 Å². The van der Waals surface area contributed by atoms with Crippen LogP contribution in [0.25, 0.3) is 0 Å². The molecule has 0 spiro atoms. The SMILES string of the molecule is CC(Nc1cccc(N)n1)C(=O)NC(C)(C)C. The highest BCUT2D eigenvalue weighted by atomic mass is 16.2. The largest absolute Gasteiger partial charge is 0.384 e. The maximum atomic E-state index is 11.8. The van der Waals surface area contributed by atoms with Crippen LogP contribution in [0.2, 0.25) is 0 Å². The average Bonchev–Trinajstić information content (AvgIpc) is 2.14. The van der Waals surface area contributed by atoms with Gasteiger partial charge in [-0.05, 0) is 39.8 Å². The lowest BCUT2D eigenvalue weighted by molar-refractivity contribution is -0.122. The van der Waals surface area contributed by atoms with E-state index in [4.69, 9.17) is 5.73 Å². The van der Waals surface area contributed by atoms with Gasteiger partial charge in [0.2, 0.25) is 5.91 Å². The smallest absolute Gasteiger partial charge is 0.242 e. The van der Waals surface area contributed by atoms with E-state index in [0.717, 1.165) is 0 Å². The third-order valence-corrected chi connectivity index (χ3v) is 2.03. The molecule has 0 aliphatic rings. The number of nitrogens with one attached hydrogen (secondary N) is 2. The summed E-state index contributed by atoms with van der Waals surface area (Å²) in [6.07, 6.45) is 0. The van der Waals surface area contributed by atoms with E-state index in [1.54, 1.807) is 25.1 Å². The number of nitrogens with two attached hydrogens (primary N) is 1. The molecule has 1 heterocycles. The van der Waals surface area contributed by atoms with Gasteiger partial charge in [-0.25, -0.2) is 4.98 Å². The first-order chi connectivity index (χ1) is 7.78. The molecule has 5 heteroatoms. The number of nitrogen functional groups attached to an aromatic ring is 1. The Balaban J connectivity index is 2.60. The molecule has 1 aromatic heterocycles. The number of carbonyl (C=O) groups excluding carboxylic acids is 1. The molecule has 0 saturated carbocycles. The monoisotopic (exact) mass is 236 g/mol. The summed E-state index contributed by atoms with van der Waals surface area (Å²) in [5.41, 5.74) is 5.32. The van der Waals surface area contributed by atoms with Crippen molar-refractivity contribution in [2.24, 2.45) is 0 Å². The standard InChI is InChI=1S/C12H20N4O/c1-8(11(17)16-12(2,3)4)14-10-7-5-6-9(13)15-10/h5-8H,1-4H3,(H,16,17)(H3,13,14,15). The van der Waals surface area contributed by atoms with Crippen molar-refractivity contribution in [3.8, 4) is 0 Å². The van der Waals surface area contributed by atoms with Crippen molar-refractivity contribution in [2.45, 2.75) is 39.3 Å². The second kappa shape index (κ2) is 5.03. The molecule has 1 rings (SSSR count). The number of hydrogen-bond donors (Lipinski definition) is 3. The van der Waals surface area contributed by atoms with Gasteiger partial charge in [-0.15, -0.1) is 0 Å². The van der Waals surface area contributed by atoms with Gasteiger partial charge in [0.25, 0.3) is 0 Å². The molecule has 5 nitrogen and oxygen atoms in total. The minimum Gasteiger partial charge on any atom is -0.384 e. The highest BCUT2D eigenvalue weighted by Gasteiger charge is 2.19. The number of aromatic nitrogens is 1. The van der Waals surface area contributed by atoms with Crippen molar-refractivity contribution in [2.75, 3.05) is 11.1 Å². The van der Waals surface area contributed by atoms with E-state index in [1.807, 2.05) is 20.8 Å². The first kappa shape index (κ1) is 13.3. The van der Waals surface area contributed by atoms with E-state index in [2.05, 4.69) is 15.6 Å². The van der Waals surface area contributed by atoms with Crippen molar-refractivity contribution in [3.63, 3.8) is 0 Å². The Hall–Kier alpha value is -1.78. The maximum Gasteiger partial charge on any atom is 0.242 e. The van der Waals surface area contributed by atoms with Crippen molar-refractivity contribution in [3.05, 3.63) is 18.2 Å². The summed E-state index contributed by atoms with van der Waals surface area (Å²) in [6, 6.07) is 4.91. The Morgan fingerprint density at radius 3 is 2.59 bits per heavy atom. The van der Waals surface area contributed by atoms with E-state index in [9.17, 15) is 4.79 Å². The zero-order chi connectivity index (χ0) is 13.1. The first-order valence-corrected chi connectivity index (χ1v) is 5.59. The quantitative estimate of drug-likeness (QED) is 0.740. The lowest BCUT2D eigenvalue weighted by Crippen LogP contribution is -2.47. The number of carbonyl (C=O) groups is 1. The zero-order valence-electron chi connectivity index (χ0n) is 10.7. The van der Waals surface area contributed by atoms with Gasteiger partial charge in [-0.1, -0.05) is 6.07 Å². The van der Waals surface area contributed by atoms with Crippen LogP contribution in [0.3, 0.4) is 0 Å². The number of rotatable bonds is 3. The van der Waals surface area contributed by atoms with Crippen LogP contribution in [0.1, 0.15) is 27.7 Å². The van der Waals surface area contributed by atoms with Crippen molar-refractivity contribution in [1.82, 2.24) is 10.3 Å². The van der Waals surface area contributed by atoms with Gasteiger partial charge in [-0.3, -0.25) is 4.79 Å². The maximum absolute atomic E-state index is 11.8. The number of nitrogens with zero attached hydrogens (tertiary/aromatic N) is 1. The molecule has 94 valence electrons. The summed E-state index contributed by atoms with van der Waals surface area (Å²) < 4.78 is 0. The van der Waals surface area contributed by atoms with Gasteiger partial charge < -0.3 is 16.4 Å². The van der Waals surface area contributed by atoms with Crippen LogP contribution in [-0.2, 0) is 4.79 Å². The molecule has 0 aliphatic carbocycles. The lowest BCUT2D eigenvalue weighted by Gasteiger charge is -2.23. The molecule has 4 N–H and O–H groups in total. The molecular weight excluding hydrogens is 216 g/mol. The molecule has 0 aliphatic heterocycles. The molecule has 1 amide bonds. The van der Waals surface area contributed by atoms with Gasteiger partial charge in [0.1, 0.15) is 17.7 Å². The van der Waals surface area contributed by atoms with E-state index in [0.29, 0.717) is 11.6 Å². The van der Waals surface area contributed by atoms with Crippen LogP contribution < -0.4 is 16.4 Å². The Morgan fingerprint density at radius 2 is 2.06 bits per heavy atom. The second-order valence-corrected chi connectivity index (χ2v) is 5.05. The summed E-state index contributed by atoms with van der Waals surface area (Å²) >= 11 is 0. The summed E-state index contributed by atoms with van der Waals surface area (Å²) in [5, 5.41) is 5.90. The predicted octanol–water partition coefficient (Wildman–Crippen LogP) is 1.38. The van der Waals surface area contributed by atoms with E-state index in [-0.39, 0.29) is 17.5 Å². The van der Waals surface area contributed by atoms with Gasteiger partial charge in [0.05, 0.1) is 0 Å². The van der Waals surface area contributed by atoms with Crippen LogP contribution >= 0.6 is 0 Å². The van der Waals surface area contributed by atoms with E-state index >= 15 is 0 Å². The highest BCUT2D eigenvalue weighted by Crippen LogP contribution is 2.08. The minimum absolute atomic E-state index is 0.0678. The molecule has 0 radical (unpaired) electrons. The van der Waals surface area contributed by atoms with Crippen molar-refractivity contribution >= 4 is 17.5 Å². The van der Waals surface area contributed by atoms with Gasteiger partial charge >= 0.3 is 0 Å². The van der Waals surface area contributed by atoms with Gasteiger partial charge in [-0.2, -0.15) is 0 Å². The molecule has 1 atom stereocenters. The number of hydrogen-bond acceptors (Lipinski definition) is 4. The fourth-order valence-corrected chi connectivity index (χ4v) is 1.30. The van der Waals surface area contributed by atoms with Crippen molar-refractivity contribution in [1.29, 1.82) is 0 Å². The second-order valence-electron chi connectivity index (χ2n) is 5.05. The van der Waals surface area contributed by atoms with Gasteiger partial charge in [0, 0.05) is 5.54 Å². The number of anilines is 2. The molecule has 1 aromatic rings. The van der Waals surface area contributed by atoms with Crippen molar-refractivity contribution < 1.29 is 4.79 Å². The minimum atomic E-state index is -0.358. The summed E-state index contributed by atoms with van der Waals surface area (Å²) in [7, 11) is 0. The third kappa shape index (κ3) is 4.72. The molecule has 0 aromatic carbocycles. The summed E-state index contributed by atoms with van der Waals surface area (Å²) in [5.74, 6) is 0.960. The Kier molecular flexibility index (Phi) is 3.93. The lowest BCUT2D eigenvalue weighted by atomic mass is 10.1. The predicted molar refractivity (Wildman–Crippen MR) is 69.6 cm³/mol. The van der Waals surface area contributed by atoms with Crippen LogP contribution in [-0.4, -0.2) is 22.5 Å². The molecule has 17 heavy (non-hydrogen) atoms. The van der Waals surface area contributed by atoms with Crippen LogP contribution in [0, 0.1) is 0 Å². The molecular formula is C12H20N4O. The Bertz CT molecular complexity index is 398. The fraction of sp³-hybridized carbons (Fsp3) is 0.500. The van der Waals surface area contributed by atoms with E-state index < -0.39 is 0 Å². The van der Waals surface area contributed by atoms with Gasteiger partial charge in [0.15, 0.2) is 0 Å². The number of pyridine rings is 1. The average molecular weight is 236 g/mol. The number of amides is 1. The van der Waals surface area contributed by atoms with Crippen LogP contribution in [0.4, 0.5) is 11.6 Å². The molecule has 0 saturated heterocycles. The third-order valence-electron chi connectivity index (χ3n) is 2.03. The fourth-order valence-electron chi connectivity index (χ4n) is 1.30. The topological polar surface area (TPSA) is 80.0 Å². The highest BCUT2D eigenvalue weighted by molar-refractivity contribution is 5.84. The zero-order valence-corrected chi connectivity index (χ0v) is 10.7. The molecule has 0 bridgehead atoms. The van der Waals surface area contributed by atoms with Crippen LogP contribution in [0.5, 0.6) is 0 Å². The van der Waals surface area contributed by atoms with Crippen LogP contribution in [0.15, 0.2) is 18.2 Å². The summed E-state index contributed by atoms with van der Waals surface area (Å²) in [6.45, 7) is 7.61. The normalized spacial score (nSPS) is 12.9. The first-order valence-electron chi connectivity index (χ1n) is 5.59.